The standard InChI is InChI=1S/C48H54FN7O9S/c1-30(2)35-6-3-4-7-36(35)38-8-5-17-55(38)33-25-47(26-33)12-18-54(19-13-47)32-9-10-37(40(23-32)65-34-22-31-11-16-50-45(31)51-27-34)46(57)53-66(60,61)41-24-39(56(58)59)42(44-43(41)63-29-64-44)52-28-48(49)14-20-62-21-15-48/h3-4,6-7,9-11,16,22-24,27,30,33,38,52H,5,8,12-15,17-21,25-26,28-29H2,1-2H3,(H,50,51)(H,53,57)/t38-/m0/s1. The summed E-state index contributed by atoms with van der Waals surface area (Å²) in [7, 11) is -4.85. The van der Waals surface area contributed by atoms with Gasteiger partial charge in [0, 0.05) is 87.2 Å². The van der Waals surface area contributed by atoms with Crippen LogP contribution in [0.2, 0.25) is 0 Å². The van der Waals surface area contributed by atoms with E-state index in [1.165, 1.54) is 49.1 Å². The molecule has 0 unspecified atom stereocenters. The average molecular weight is 924 g/mol. The molecule has 1 aliphatic carbocycles. The number of nitro benzene ring substituents is 1. The molecular weight excluding hydrogens is 870 g/mol. The SMILES string of the molecule is CC(C)c1ccccc1[C@@H]1CCCN1C1CC2(CCN(c3ccc(C(=O)NS(=O)(=O)c4cc([N+](=O)[O-])c(NCC5(F)CCOCC5)c5c4OCO5)c(Oc4cnc5[nH]ccc5c4)c3)CC2)C1. The van der Waals surface area contributed by atoms with Crippen molar-refractivity contribution in [2.45, 2.75) is 93.8 Å². The van der Waals surface area contributed by atoms with Crippen LogP contribution in [0.3, 0.4) is 0 Å². The van der Waals surface area contributed by atoms with Crippen molar-refractivity contribution in [3.05, 3.63) is 99.9 Å². The molecule has 1 atom stereocenters. The van der Waals surface area contributed by atoms with E-state index in [2.05, 4.69) is 67.9 Å². The van der Waals surface area contributed by atoms with E-state index >= 15 is 4.39 Å². The van der Waals surface area contributed by atoms with Gasteiger partial charge in [-0.2, -0.15) is 0 Å². The zero-order valence-electron chi connectivity index (χ0n) is 37.0. The molecule has 5 aliphatic rings. The number of carbonyl (C=O) groups is 1. The van der Waals surface area contributed by atoms with Crippen LogP contribution in [0.4, 0.5) is 21.5 Å². The number of rotatable bonds is 13. The summed E-state index contributed by atoms with van der Waals surface area (Å²) < 4.78 is 68.5. The fraction of sp³-hybridized carbons (Fsp3) is 0.458. The minimum absolute atomic E-state index is 0.0729. The zero-order valence-corrected chi connectivity index (χ0v) is 37.8. The number of H-pyrrole nitrogens is 1. The normalized spacial score (nSPS) is 20.4. The average Bonchev–Trinajstić information content (AvgIpc) is 4.09. The van der Waals surface area contributed by atoms with E-state index in [-0.39, 0.29) is 66.5 Å². The van der Waals surface area contributed by atoms with Crippen molar-refractivity contribution in [1.29, 1.82) is 0 Å². The maximum atomic E-state index is 15.5. The number of hydrogen-bond donors (Lipinski definition) is 3. The number of hydrogen-bond acceptors (Lipinski definition) is 13. The quantitative estimate of drug-likeness (QED) is 0.0751. The number of halogens is 1. The van der Waals surface area contributed by atoms with Crippen LogP contribution >= 0.6 is 0 Å². The fourth-order valence-electron chi connectivity index (χ4n) is 10.7. The van der Waals surface area contributed by atoms with E-state index in [4.69, 9.17) is 18.9 Å². The van der Waals surface area contributed by atoms with E-state index in [9.17, 15) is 23.3 Å². The minimum atomic E-state index is -4.85. The Hall–Kier alpha value is -5.98. The van der Waals surface area contributed by atoms with Gasteiger partial charge in [-0.25, -0.2) is 22.5 Å². The summed E-state index contributed by atoms with van der Waals surface area (Å²) in [5.41, 5.74) is 1.91. The van der Waals surface area contributed by atoms with E-state index in [1.54, 1.807) is 24.4 Å². The van der Waals surface area contributed by atoms with Gasteiger partial charge in [-0.05, 0) is 91.8 Å². The Kier molecular flexibility index (Phi) is 11.5. The number of amides is 1. The number of aromatic nitrogens is 2. The van der Waals surface area contributed by atoms with Crippen molar-refractivity contribution < 1.29 is 41.5 Å². The maximum Gasteiger partial charge on any atom is 0.297 e. The van der Waals surface area contributed by atoms with Crippen molar-refractivity contribution >= 4 is 44.0 Å². The summed E-state index contributed by atoms with van der Waals surface area (Å²) in [5.74, 6) is -0.777. The van der Waals surface area contributed by atoms with Crippen molar-refractivity contribution in [3.63, 3.8) is 0 Å². The largest absolute Gasteiger partial charge is 0.455 e. The van der Waals surface area contributed by atoms with Gasteiger partial charge in [0.05, 0.1) is 16.7 Å². The molecule has 6 heterocycles. The van der Waals surface area contributed by atoms with Crippen molar-refractivity contribution in [1.82, 2.24) is 19.6 Å². The van der Waals surface area contributed by atoms with E-state index in [1.807, 2.05) is 6.07 Å². The minimum Gasteiger partial charge on any atom is -0.455 e. The second-order valence-corrected chi connectivity index (χ2v) is 20.4. The highest BCUT2D eigenvalue weighted by atomic mass is 32.2. The first kappa shape index (κ1) is 43.9. The van der Waals surface area contributed by atoms with Crippen molar-refractivity contribution in [2.75, 3.05) is 56.4 Å². The molecule has 2 aromatic heterocycles. The Bertz CT molecular complexity index is 2780. The number of carbonyl (C=O) groups excluding carboxylic acids is 1. The molecule has 18 heteroatoms. The lowest BCUT2D eigenvalue weighted by molar-refractivity contribution is -0.384. The van der Waals surface area contributed by atoms with Gasteiger partial charge in [-0.1, -0.05) is 38.1 Å². The smallest absolute Gasteiger partial charge is 0.297 e. The number of pyridine rings is 1. The Morgan fingerprint density at radius 3 is 2.58 bits per heavy atom. The molecule has 0 bridgehead atoms. The summed E-state index contributed by atoms with van der Waals surface area (Å²) >= 11 is 0. The van der Waals surface area contributed by atoms with Gasteiger partial charge >= 0.3 is 0 Å². The molecule has 10 rings (SSSR count). The van der Waals surface area contributed by atoms with Crippen LogP contribution in [0.15, 0.2) is 78.0 Å². The molecule has 3 N–H and O–H groups in total. The molecule has 66 heavy (non-hydrogen) atoms. The van der Waals surface area contributed by atoms with Crippen LogP contribution in [0.25, 0.3) is 11.0 Å². The Morgan fingerprint density at radius 2 is 1.80 bits per heavy atom. The number of sulfonamides is 1. The van der Waals surface area contributed by atoms with Crippen LogP contribution in [0, 0.1) is 15.5 Å². The number of nitro groups is 1. The van der Waals surface area contributed by atoms with Gasteiger partial charge in [-0.15, -0.1) is 0 Å². The van der Waals surface area contributed by atoms with Gasteiger partial charge in [-0.3, -0.25) is 19.8 Å². The zero-order chi connectivity index (χ0) is 45.8. The summed E-state index contributed by atoms with van der Waals surface area (Å²) in [6.45, 7) is 6.91. The highest BCUT2D eigenvalue weighted by Crippen LogP contribution is 2.55. The Labute approximate surface area is 382 Å². The highest BCUT2D eigenvalue weighted by Gasteiger charge is 2.50. The molecule has 4 fully saturated rings. The summed E-state index contributed by atoms with van der Waals surface area (Å²) in [6, 6.07) is 19.4. The van der Waals surface area contributed by atoms with Crippen LogP contribution < -0.4 is 29.1 Å². The summed E-state index contributed by atoms with van der Waals surface area (Å²) in [6.07, 6.45) is 10.2. The Balaban J connectivity index is 0.876. The van der Waals surface area contributed by atoms with Gasteiger partial charge in [0.1, 0.15) is 27.7 Å². The fourth-order valence-corrected chi connectivity index (χ4v) is 11.9. The molecule has 1 saturated carbocycles. The predicted molar refractivity (Wildman–Crippen MR) is 245 cm³/mol. The van der Waals surface area contributed by atoms with Crippen molar-refractivity contribution in [2.24, 2.45) is 5.41 Å². The number of nitrogens with one attached hydrogen (secondary N) is 3. The van der Waals surface area contributed by atoms with Crippen LogP contribution in [0.5, 0.6) is 23.0 Å². The number of anilines is 2. The third-order valence-corrected chi connectivity index (χ3v) is 15.7. The first-order chi connectivity index (χ1) is 31.8. The molecule has 3 aromatic carbocycles. The number of ether oxygens (including phenoxy) is 4. The van der Waals surface area contributed by atoms with E-state index in [0.29, 0.717) is 29.4 Å². The van der Waals surface area contributed by atoms with E-state index in [0.717, 1.165) is 49.6 Å². The van der Waals surface area contributed by atoms with Crippen molar-refractivity contribution in [3.8, 4) is 23.0 Å². The number of piperidine rings is 1. The Morgan fingerprint density at radius 1 is 1.03 bits per heavy atom. The molecule has 5 aromatic rings. The third-order valence-electron chi connectivity index (χ3n) is 14.4. The molecule has 0 radical (unpaired) electrons. The van der Waals surface area contributed by atoms with E-state index < -0.39 is 43.9 Å². The summed E-state index contributed by atoms with van der Waals surface area (Å²) in [4.78, 5) is 37.6. The lowest BCUT2D eigenvalue weighted by Crippen LogP contribution is -2.54. The maximum absolute atomic E-state index is 15.5. The van der Waals surface area contributed by atoms with Gasteiger partial charge in [0.2, 0.25) is 6.79 Å². The molecular formula is C48H54FN7O9S. The van der Waals surface area contributed by atoms with Gasteiger partial charge in [0.15, 0.2) is 17.2 Å². The van der Waals surface area contributed by atoms with Crippen LogP contribution in [-0.4, -0.2) is 92.0 Å². The van der Waals surface area contributed by atoms with Crippen LogP contribution in [-0.2, 0) is 14.8 Å². The first-order valence-corrected chi connectivity index (χ1v) is 24.3. The highest BCUT2D eigenvalue weighted by molar-refractivity contribution is 7.90. The lowest BCUT2D eigenvalue weighted by Gasteiger charge is -2.56. The molecule has 1 spiro atoms. The molecule has 3 saturated heterocycles. The molecule has 4 aliphatic heterocycles. The van der Waals surface area contributed by atoms with Gasteiger partial charge < -0.3 is 34.1 Å². The topological polar surface area (TPSA) is 190 Å². The lowest BCUT2D eigenvalue weighted by atomic mass is 9.59. The first-order valence-electron chi connectivity index (χ1n) is 22.8. The predicted octanol–water partition coefficient (Wildman–Crippen LogP) is 8.75. The number of fused-ring (bicyclic) bond motifs is 2. The summed E-state index contributed by atoms with van der Waals surface area (Å²) in [5, 5.41) is 15.9. The van der Waals surface area contributed by atoms with Gasteiger partial charge in [0.25, 0.3) is 21.6 Å². The molecule has 1 amide bonds. The number of likely N-dealkylation sites (tertiary alicyclic amines) is 1. The second kappa shape index (κ2) is 17.3. The number of aromatic amines is 1. The number of benzene rings is 3. The monoisotopic (exact) mass is 923 g/mol. The number of alkyl halides is 1. The second-order valence-electron chi connectivity index (χ2n) is 18.7. The molecule has 16 nitrogen and oxygen atoms in total. The number of nitrogens with zero attached hydrogens (tertiary/aromatic N) is 4. The van der Waals surface area contributed by atoms with Crippen LogP contribution in [0.1, 0.15) is 98.7 Å². The molecule has 348 valence electrons. The third kappa shape index (κ3) is 8.38.